The van der Waals surface area contributed by atoms with Crippen LogP contribution in [0.25, 0.3) is 0 Å². The van der Waals surface area contributed by atoms with Crippen molar-refractivity contribution in [2.45, 2.75) is 51.2 Å². The number of aromatic nitrogens is 2. The van der Waals surface area contributed by atoms with E-state index in [1.165, 1.54) is 0 Å². The summed E-state index contributed by atoms with van der Waals surface area (Å²) in [6, 6.07) is 9.20. The van der Waals surface area contributed by atoms with Gasteiger partial charge in [-0.25, -0.2) is 4.79 Å². The van der Waals surface area contributed by atoms with E-state index >= 15 is 0 Å². The molecule has 8 nitrogen and oxygen atoms in total. The summed E-state index contributed by atoms with van der Waals surface area (Å²) in [5.74, 6) is -0.0678. The van der Waals surface area contributed by atoms with Gasteiger partial charge in [0.2, 0.25) is 5.91 Å². The van der Waals surface area contributed by atoms with Crippen LogP contribution in [-0.4, -0.2) is 44.6 Å². The number of carbonyl (C=O) groups is 3. The second-order valence-electron chi connectivity index (χ2n) is 8.34. The first kappa shape index (κ1) is 20.1. The minimum absolute atomic E-state index is 0.261. The summed E-state index contributed by atoms with van der Waals surface area (Å²) in [7, 11) is 0. The summed E-state index contributed by atoms with van der Waals surface area (Å²) in [6.07, 6.45) is 6.69. The van der Waals surface area contributed by atoms with E-state index in [0.29, 0.717) is 31.8 Å². The van der Waals surface area contributed by atoms with Crippen LogP contribution in [0.5, 0.6) is 0 Å². The third kappa shape index (κ3) is 4.08. The molecule has 1 spiro atoms. The van der Waals surface area contributed by atoms with Crippen LogP contribution in [0, 0.1) is 5.92 Å². The predicted molar refractivity (Wildman–Crippen MR) is 110 cm³/mol. The fraction of sp³-hybridized carbons (Fsp3) is 0.455. The molecule has 2 heterocycles. The summed E-state index contributed by atoms with van der Waals surface area (Å²) in [5.41, 5.74) is 1.20. The van der Waals surface area contributed by atoms with Gasteiger partial charge in [-0.1, -0.05) is 31.2 Å². The topological polar surface area (TPSA) is 96.3 Å². The second-order valence-corrected chi connectivity index (χ2v) is 8.34. The van der Waals surface area contributed by atoms with Crippen LogP contribution in [0.15, 0.2) is 42.7 Å². The van der Waals surface area contributed by atoms with E-state index in [-0.39, 0.29) is 18.4 Å². The van der Waals surface area contributed by atoms with E-state index < -0.39 is 11.6 Å². The van der Waals surface area contributed by atoms with Crippen molar-refractivity contribution in [1.82, 2.24) is 25.3 Å². The normalized spacial score (nSPS) is 23.6. The molecule has 4 rings (SSSR count). The van der Waals surface area contributed by atoms with Crippen LogP contribution < -0.4 is 10.6 Å². The maximum absolute atomic E-state index is 12.9. The first-order valence-corrected chi connectivity index (χ1v) is 10.4. The highest BCUT2D eigenvalue weighted by molar-refractivity contribution is 6.09. The molecule has 0 bridgehead atoms. The van der Waals surface area contributed by atoms with Crippen LogP contribution in [0.2, 0.25) is 0 Å². The molecule has 1 saturated heterocycles. The number of urea groups is 1. The molecule has 1 aromatic heterocycles. The van der Waals surface area contributed by atoms with Crippen LogP contribution in [0.3, 0.4) is 0 Å². The Kier molecular flexibility index (Phi) is 5.57. The number of nitrogens with one attached hydrogen (secondary N) is 2. The lowest BCUT2D eigenvalue weighted by molar-refractivity contribution is -0.136. The third-order valence-corrected chi connectivity index (χ3v) is 6.16. The molecule has 2 N–H and O–H groups in total. The maximum atomic E-state index is 12.9. The van der Waals surface area contributed by atoms with Crippen LogP contribution in [0.4, 0.5) is 4.79 Å². The number of amides is 4. The summed E-state index contributed by atoms with van der Waals surface area (Å²) < 4.78 is 1.82. The van der Waals surface area contributed by atoms with Crippen molar-refractivity contribution in [3.63, 3.8) is 0 Å². The molecule has 8 heteroatoms. The summed E-state index contributed by atoms with van der Waals surface area (Å²) >= 11 is 0. The van der Waals surface area contributed by atoms with Gasteiger partial charge in [0.05, 0.1) is 6.54 Å². The summed E-state index contributed by atoms with van der Waals surface area (Å²) in [6.45, 7) is 2.82. The van der Waals surface area contributed by atoms with Crippen molar-refractivity contribution in [2.75, 3.05) is 6.54 Å². The third-order valence-electron chi connectivity index (χ3n) is 6.16. The summed E-state index contributed by atoms with van der Waals surface area (Å²) in [5, 5.41) is 9.91. The van der Waals surface area contributed by atoms with Gasteiger partial charge >= 0.3 is 6.03 Å². The van der Waals surface area contributed by atoms with Crippen molar-refractivity contribution in [2.24, 2.45) is 5.92 Å². The van der Waals surface area contributed by atoms with Gasteiger partial charge in [-0.05, 0) is 48.8 Å². The van der Waals surface area contributed by atoms with Gasteiger partial charge in [-0.3, -0.25) is 19.2 Å². The molecule has 0 atom stereocenters. The minimum Gasteiger partial charge on any atom is -0.350 e. The lowest BCUT2D eigenvalue weighted by atomic mass is 9.77. The molecule has 2 aliphatic rings. The van der Waals surface area contributed by atoms with Gasteiger partial charge in [0.15, 0.2) is 0 Å². The Morgan fingerprint density at radius 2 is 1.93 bits per heavy atom. The fourth-order valence-electron chi connectivity index (χ4n) is 4.26. The zero-order valence-electron chi connectivity index (χ0n) is 17.1. The number of nitrogens with zero attached hydrogens (tertiary/aromatic N) is 3. The predicted octanol–water partition coefficient (Wildman–Crippen LogP) is 2.05. The van der Waals surface area contributed by atoms with Gasteiger partial charge in [-0.2, -0.15) is 5.10 Å². The zero-order valence-corrected chi connectivity index (χ0v) is 17.1. The Labute approximate surface area is 175 Å². The van der Waals surface area contributed by atoms with Crippen molar-refractivity contribution in [3.8, 4) is 0 Å². The molecule has 1 aromatic carbocycles. The molecule has 0 unspecified atom stereocenters. The van der Waals surface area contributed by atoms with E-state index in [2.05, 4.69) is 22.7 Å². The smallest absolute Gasteiger partial charge is 0.325 e. The number of rotatable bonds is 6. The Bertz CT molecular complexity index is 932. The molecule has 4 amide bonds. The molecule has 0 radical (unpaired) electrons. The fourth-order valence-corrected chi connectivity index (χ4v) is 4.26. The molecular weight excluding hydrogens is 382 g/mol. The second kappa shape index (κ2) is 8.30. The van der Waals surface area contributed by atoms with Gasteiger partial charge in [0.1, 0.15) is 12.1 Å². The van der Waals surface area contributed by atoms with Crippen molar-refractivity contribution < 1.29 is 14.4 Å². The lowest BCUT2D eigenvalue weighted by Crippen LogP contribution is -2.49. The van der Waals surface area contributed by atoms with E-state index in [4.69, 9.17) is 0 Å². The molecule has 2 aromatic rings. The molecular formula is C22H27N5O3. The Morgan fingerprint density at radius 3 is 2.63 bits per heavy atom. The summed E-state index contributed by atoms with van der Waals surface area (Å²) in [4.78, 5) is 38.8. The van der Waals surface area contributed by atoms with Crippen molar-refractivity contribution in [1.29, 1.82) is 0 Å². The monoisotopic (exact) mass is 409 g/mol. The van der Waals surface area contributed by atoms with Gasteiger partial charge in [-0.15, -0.1) is 0 Å². The van der Waals surface area contributed by atoms with Crippen LogP contribution in [0.1, 0.15) is 43.7 Å². The number of imide groups is 1. The van der Waals surface area contributed by atoms with Gasteiger partial charge in [0, 0.05) is 18.9 Å². The van der Waals surface area contributed by atoms with E-state index in [0.717, 1.165) is 28.9 Å². The van der Waals surface area contributed by atoms with Gasteiger partial charge < -0.3 is 10.6 Å². The highest BCUT2D eigenvalue weighted by atomic mass is 16.2. The average Bonchev–Trinajstić information content (AvgIpc) is 3.32. The number of hydrogen-bond donors (Lipinski definition) is 2. The lowest BCUT2D eigenvalue weighted by Gasteiger charge is -2.33. The average molecular weight is 409 g/mol. The number of carbonyl (C=O) groups excluding carboxylic acids is 3. The van der Waals surface area contributed by atoms with E-state index in [1.54, 1.807) is 6.20 Å². The highest BCUT2D eigenvalue weighted by Crippen LogP contribution is 2.36. The van der Waals surface area contributed by atoms with Crippen LogP contribution >= 0.6 is 0 Å². The SMILES string of the molecule is CC1CCC2(CC1)NC(=O)N(CC(=O)NCc1ccccc1Cn1cccn1)C2=O. The Morgan fingerprint density at radius 1 is 1.20 bits per heavy atom. The quantitative estimate of drug-likeness (QED) is 0.714. The highest BCUT2D eigenvalue weighted by Gasteiger charge is 2.52. The van der Waals surface area contributed by atoms with Crippen molar-refractivity contribution in [3.05, 3.63) is 53.9 Å². The number of hydrogen-bond acceptors (Lipinski definition) is 4. The molecule has 2 fully saturated rings. The molecule has 1 aliphatic heterocycles. The van der Waals surface area contributed by atoms with Crippen LogP contribution in [-0.2, 0) is 22.7 Å². The van der Waals surface area contributed by atoms with E-state index in [9.17, 15) is 14.4 Å². The molecule has 158 valence electrons. The Hall–Kier alpha value is -3.16. The molecule has 30 heavy (non-hydrogen) atoms. The first-order valence-electron chi connectivity index (χ1n) is 10.4. The zero-order chi connectivity index (χ0) is 21.1. The van der Waals surface area contributed by atoms with E-state index in [1.807, 2.05) is 41.2 Å². The minimum atomic E-state index is -0.819. The molecule has 1 saturated carbocycles. The largest absolute Gasteiger partial charge is 0.350 e. The molecule has 1 aliphatic carbocycles. The van der Waals surface area contributed by atoms with Gasteiger partial charge in [0.25, 0.3) is 5.91 Å². The Balaban J connectivity index is 1.35. The van der Waals surface area contributed by atoms with Crippen molar-refractivity contribution >= 4 is 17.8 Å². The number of benzene rings is 1. The first-order chi connectivity index (χ1) is 14.5. The standard InChI is InChI=1S/C22H27N5O3/c1-16-7-9-22(10-8-16)20(29)27(21(30)25-22)15-19(28)23-13-17-5-2-3-6-18(17)14-26-12-4-11-24-26/h2-6,11-12,16H,7-10,13-15H2,1H3,(H,23,28)(H,25,30). The maximum Gasteiger partial charge on any atom is 0.325 e.